The summed E-state index contributed by atoms with van der Waals surface area (Å²) in [6.07, 6.45) is 7.11. The summed E-state index contributed by atoms with van der Waals surface area (Å²) in [5.74, 6) is 1.67. The van der Waals surface area contributed by atoms with E-state index in [4.69, 9.17) is 4.74 Å². The van der Waals surface area contributed by atoms with Crippen LogP contribution in [0.15, 0.2) is 0 Å². The Hall–Kier alpha value is -0.0800. The van der Waals surface area contributed by atoms with Crippen LogP contribution >= 0.6 is 0 Å². The van der Waals surface area contributed by atoms with Gasteiger partial charge >= 0.3 is 0 Å². The van der Waals surface area contributed by atoms with Crippen molar-refractivity contribution >= 4 is 0 Å². The summed E-state index contributed by atoms with van der Waals surface area (Å²) in [6.45, 7) is 13.7. The van der Waals surface area contributed by atoms with Crippen molar-refractivity contribution in [2.45, 2.75) is 65.9 Å². The Morgan fingerprint density at radius 2 is 1.72 bits per heavy atom. The Kier molecular flexibility index (Phi) is 7.92. The van der Waals surface area contributed by atoms with Crippen molar-refractivity contribution in [1.82, 2.24) is 4.90 Å². The van der Waals surface area contributed by atoms with Gasteiger partial charge in [0.1, 0.15) is 0 Å². The smallest absolute Gasteiger partial charge is 0.0702 e. The minimum absolute atomic E-state index is 0.497. The molecule has 0 aliphatic carbocycles. The van der Waals surface area contributed by atoms with E-state index < -0.39 is 0 Å². The molecule has 0 N–H and O–H groups in total. The van der Waals surface area contributed by atoms with Crippen LogP contribution in [0, 0.1) is 11.8 Å². The fourth-order valence-corrected chi connectivity index (χ4v) is 2.64. The lowest BCUT2D eigenvalue weighted by Gasteiger charge is -2.33. The van der Waals surface area contributed by atoms with Gasteiger partial charge in [-0.2, -0.15) is 0 Å². The molecule has 2 nitrogen and oxygen atoms in total. The van der Waals surface area contributed by atoms with E-state index in [1.165, 1.54) is 38.6 Å². The molecule has 0 radical (unpaired) electrons. The molecule has 1 aliphatic rings. The van der Waals surface area contributed by atoms with Crippen LogP contribution < -0.4 is 0 Å². The van der Waals surface area contributed by atoms with Crippen molar-refractivity contribution < 1.29 is 4.74 Å². The number of nitrogens with zero attached hydrogens (tertiary/aromatic N) is 1. The van der Waals surface area contributed by atoms with Gasteiger partial charge in [0.15, 0.2) is 0 Å². The molecule has 0 aromatic heterocycles. The van der Waals surface area contributed by atoms with Crippen LogP contribution in [0.5, 0.6) is 0 Å². The summed E-state index contributed by atoms with van der Waals surface area (Å²) in [6, 6.07) is 0. The van der Waals surface area contributed by atoms with Gasteiger partial charge in [-0.25, -0.2) is 0 Å². The molecule has 1 saturated heterocycles. The lowest BCUT2D eigenvalue weighted by molar-refractivity contribution is -0.0337. The summed E-state index contributed by atoms with van der Waals surface area (Å²) in [5.41, 5.74) is 0. The van der Waals surface area contributed by atoms with E-state index >= 15 is 0 Å². The standard InChI is InChI=1S/C16H33NO/c1-14(2)7-5-9-16-13-17(11-12-18-16)10-6-8-15(3)4/h14-16H,5-13H2,1-4H3/t16-/m1/s1. The predicted molar refractivity (Wildman–Crippen MR) is 78.9 cm³/mol. The highest BCUT2D eigenvalue weighted by Crippen LogP contribution is 2.15. The van der Waals surface area contributed by atoms with Crippen LogP contribution in [-0.2, 0) is 4.74 Å². The highest BCUT2D eigenvalue weighted by Gasteiger charge is 2.19. The van der Waals surface area contributed by atoms with Crippen molar-refractivity contribution in [2.24, 2.45) is 11.8 Å². The summed E-state index contributed by atoms with van der Waals surface area (Å²) in [4.78, 5) is 2.60. The van der Waals surface area contributed by atoms with Crippen LogP contribution in [0.4, 0.5) is 0 Å². The van der Waals surface area contributed by atoms with Gasteiger partial charge in [-0.15, -0.1) is 0 Å². The topological polar surface area (TPSA) is 12.5 Å². The maximum Gasteiger partial charge on any atom is 0.0702 e. The van der Waals surface area contributed by atoms with E-state index in [0.29, 0.717) is 6.10 Å². The lowest BCUT2D eigenvalue weighted by Crippen LogP contribution is -2.42. The highest BCUT2D eigenvalue weighted by atomic mass is 16.5. The molecule has 1 aliphatic heterocycles. The molecule has 18 heavy (non-hydrogen) atoms. The number of rotatable bonds is 8. The van der Waals surface area contributed by atoms with Crippen molar-refractivity contribution in [3.8, 4) is 0 Å². The molecule has 1 heterocycles. The number of ether oxygens (including phenoxy) is 1. The summed E-state index contributed by atoms with van der Waals surface area (Å²) in [7, 11) is 0. The van der Waals surface area contributed by atoms with Gasteiger partial charge in [-0.05, 0) is 37.6 Å². The highest BCUT2D eigenvalue weighted by molar-refractivity contribution is 4.72. The number of morpholine rings is 1. The monoisotopic (exact) mass is 255 g/mol. The number of hydrogen-bond donors (Lipinski definition) is 0. The first-order chi connectivity index (χ1) is 8.58. The maximum absolute atomic E-state index is 5.88. The lowest BCUT2D eigenvalue weighted by atomic mass is 10.0. The molecule has 1 fully saturated rings. The van der Waals surface area contributed by atoms with Gasteiger partial charge in [0, 0.05) is 13.1 Å². The third-order valence-electron chi connectivity index (χ3n) is 3.79. The first kappa shape index (κ1) is 16.0. The van der Waals surface area contributed by atoms with Gasteiger partial charge < -0.3 is 4.74 Å². The largest absolute Gasteiger partial charge is 0.376 e. The third-order valence-corrected chi connectivity index (χ3v) is 3.79. The molecular formula is C16H33NO. The SMILES string of the molecule is CC(C)CCC[C@@H]1CN(CCCC(C)C)CCO1. The third kappa shape index (κ3) is 7.38. The molecule has 0 unspecified atom stereocenters. The van der Waals surface area contributed by atoms with E-state index in [0.717, 1.165) is 31.5 Å². The minimum Gasteiger partial charge on any atom is -0.376 e. The fourth-order valence-electron chi connectivity index (χ4n) is 2.64. The Balaban J connectivity index is 2.11. The Morgan fingerprint density at radius 3 is 2.39 bits per heavy atom. The Morgan fingerprint density at radius 1 is 1.06 bits per heavy atom. The first-order valence-corrected chi connectivity index (χ1v) is 7.92. The van der Waals surface area contributed by atoms with E-state index in [1.54, 1.807) is 0 Å². The van der Waals surface area contributed by atoms with Crippen molar-refractivity contribution in [2.75, 3.05) is 26.2 Å². The molecule has 0 spiro atoms. The maximum atomic E-state index is 5.88. The molecule has 0 amide bonds. The van der Waals surface area contributed by atoms with Gasteiger partial charge in [0.05, 0.1) is 12.7 Å². The molecule has 0 saturated carbocycles. The van der Waals surface area contributed by atoms with Crippen molar-refractivity contribution in [3.63, 3.8) is 0 Å². The fraction of sp³-hybridized carbons (Fsp3) is 1.00. The molecular weight excluding hydrogens is 222 g/mol. The average molecular weight is 255 g/mol. The van der Waals surface area contributed by atoms with Crippen LogP contribution in [0.2, 0.25) is 0 Å². The second kappa shape index (κ2) is 8.92. The van der Waals surface area contributed by atoms with E-state index in [-0.39, 0.29) is 0 Å². The molecule has 0 bridgehead atoms. The normalized spacial score (nSPS) is 22.0. The van der Waals surface area contributed by atoms with Crippen molar-refractivity contribution in [1.29, 1.82) is 0 Å². The zero-order valence-corrected chi connectivity index (χ0v) is 13.0. The van der Waals surface area contributed by atoms with Crippen LogP contribution in [0.25, 0.3) is 0 Å². The molecule has 0 aromatic carbocycles. The summed E-state index contributed by atoms with van der Waals surface area (Å²) in [5, 5.41) is 0. The molecule has 108 valence electrons. The van der Waals surface area contributed by atoms with E-state index in [1.807, 2.05) is 0 Å². The predicted octanol–water partition coefficient (Wildman–Crippen LogP) is 3.95. The van der Waals surface area contributed by atoms with E-state index in [2.05, 4.69) is 32.6 Å². The quantitative estimate of drug-likeness (QED) is 0.651. The van der Waals surface area contributed by atoms with Crippen molar-refractivity contribution in [3.05, 3.63) is 0 Å². The molecule has 1 atom stereocenters. The van der Waals surface area contributed by atoms with E-state index in [9.17, 15) is 0 Å². The Bertz CT molecular complexity index is 183. The summed E-state index contributed by atoms with van der Waals surface area (Å²) >= 11 is 0. The Labute approximate surface area is 114 Å². The number of hydrogen-bond acceptors (Lipinski definition) is 2. The van der Waals surface area contributed by atoms with Crippen LogP contribution in [0.3, 0.4) is 0 Å². The zero-order chi connectivity index (χ0) is 13.4. The van der Waals surface area contributed by atoms with Gasteiger partial charge in [0.25, 0.3) is 0 Å². The summed E-state index contributed by atoms with van der Waals surface area (Å²) < 4.78 is 5.88. The molecule has 1 rings (SSSR count). The van der Waals surface area contributed by atoms with Gasteiger partial charge in [-0.3, -0.25) is 4.90 Å². The second-order valence-corrected chi connectivity index (χ2v) is 6.65. The minimum atomic E-state index is 0.497. The van der Waals surface area contributed by atoms with Crippen LogP contribution in [-0.4, -0.2) is 37.2 Å². The average Bonchev–Trinajstić information content (AvgIpc) is 2.28. The molecule has 0 aromatic rings. The van der Waals surface area contributed by atoms with Crippen LogP contribution in [0.1, 0.15) is 59.8 Å². The molecule has 2 heteroatoms. The van der Waals surface area contributed by atoms with Gasteiger partial charge in [0.2, 0.25) is 0 Å². The van der Waals surface area contributed by atoms with Gasteiger partial charge in [-0.1, -0.05) is 40.5 Å². The first-order valence-electron chi connectivity index (χ1n) is 7.92. The zero-order valence-electron chi connectivity index (χ0n) is 13.0. The second-order valence-electron chi connectivity index (χ2n) is 6.65.